The van der Waals surface area contributed by atoms with Gasteiger partial charge in [0.05, 0.1) is 12.4 Å². The lowest BCUT2D eigenvalue weighted by Gasteiger charge is -2.31. The summed E-state index contributed by atoms with van der Waals surface area (Å²) in [5.41, 5.74) is 6.30. The molecule has 31 heavy (non-hydrogen) atoms. The van der Waals surface area contributed by atoms with Gasteiger partial charge in [-0.15, -0.1) is 21.5 Å². The standard InChI is InChI=1S/C21H29N7OS2/c1-12-5-7-26(8-6-12)16(29)10-30-21-25-24-20-27(21)19-17(18-22-11-23-28(18)20)14-4-3-13(2)9-15(14)31-19/h12-13,18,22-23H,3-11H2,1-2H3/t13-,18?/m1/s1. The van der Waals surface area contributed by atoms with Crippen LogP contribution in [-0.2, 0) is 17.6 Å². The number of anilines is 1. The number of fused-ring (bicyclic) bond motifs is 8. The summed E-state index contributed by atoms with van der Waals surface area (Å²) in [5, 5.41) is 16.8. The molecule has 3 aliphatic heterocycles. The number of piperidine rings is 1. The van der Waals surface area contributed by atoms with E-state index in [9.17, 15) is 4.79 Å². The highest BCUT2D eigenvalue weighted by Crippen LogP contribution is 2.48. The summed E-state index contributed by atoms with van der Waals surface area (Å²) < 4.78 is 2.18. The fourth-order valence-corrected chi connectivity index (χ4v) is 7.64. The summed E-state index contributed by atoms with van der Waals surface area (Å²) in [5.74, 6) is 2.90. The van der Waals surface area contributed by atoms with E-state index in [0.717, 1.165) is 61.7 Å². The third kappa shape index (κ3) is 3.30. The number of nitrogens with one attached hydrogen (secondary N) is 2. The van der Waals surface area contributed by atoms with Gasteiger partial charge in [-0.05, 0) is 49.5 Å². The van der Waals surface area contributed by atoms with Gasteiger partial charge >= 0.3 is 0 Å². The Morgan fingerprint density at radius 1 is 1.19 bits per heavy atom. The third-order valence-electron chi connectivity index (χ3n) is 7.11. The normalized spacial score (nSPS) is 25.2. The zero-order valence-corrected chi connectivity index (χ0v) is 19.7. The average Bonchev–Trinajstić information content (AvgIpc) is 3.47. The molecular weight excluding hydrogens is 430 g/mol. The molecule has 2 aromatic heterocycles. The predicted octanol–water partition coefficient (Wildman–Crippen LogP) is 2.69. The molecule has 1 aliphatic carbocycles. The Balaban J connectivity index is 1.30. The lowest BCUT2D eigenvalue weighted by atomic mass is 9.87. The topological polar surface area (TPSA) is 78.3 Å². The molecule has 2 saturated heterocycles. The highest BCUT2D eigenvalue weighted by molar-refractivity contribution is 7.99. The number of rotatable bonds is 3. The van der Waals surface area contributed by atoms with Gasteiger partial charge in [0.25, 0.3) is 0 Å². The number of likely N-dealkylation sites (tertiary alicyclic amines) is 1. The van der Waals surface area contributed by atoms with Crippen molar-refractivity contribution in [2.24, 2.45) is 11.8 Å². The first kappa shape index (κ1) is 20.0. The summed E-state index contributed by atoms with van der Waals surface area (Å²) in [6.07, 6.45) is 5.85. The van der Waals surface area contributed by atoms with E-state index in [-0.39, 0.29) is 12.1 Å². The second-order valence-corrected chi connectivity index (χ2v) is 11.4. The van der Waals surface area contributed by atoms with Gasteiger partial charge in [-0.1, -0.05) is 25.6 Å². The van der Waals surface area contributed by atoms with Gasteiger partial charge in [0.1, 0.15) is 11.2 Å². The van der Waals surface area contributed by atoms with Gasteiger partial charge < -0.3 is 4.90 Å². The van der Waals surface area contributed by atoms with E-state index in [1.54, 1.807) is 0 Å². The molecule has 166 valence electrons. The Kier molecular flexibility index (Phi) is 5.01. The first-order chi connectivity index (χ1) is 15.1. The van der Waals surface area contributed by atoms with Crippen molar-refractivity contribution in [1.82, 2.24) is 30.4 Å². The lowest BCUT2D eigenvalue weighted by Crippen LogP contribution is -2.39. The van der Waals surface area contributed by atoms with Crippen molar-refractivity contribution in [2.75, 3.05) is 30.5 Å². The second-order valence-electron chi connectivity index (χ2n) is 9.35. The SMILES string of the molecule is CC1CCN(C(=O)CSc2nnc3n2-c2sc4c(c2C2NCNN32)CC[C@@H](C)C4)CC1. The first-order valence-corrected chi connectivity index (χ1v) is 13.2. The fraction of sp³-hybridized carbons (Fsp3) is 0.667. The quantitative estimate of drug-likeness (QED) is 0.683. The summed E-state index contributed by atoms with van der Waals surface area (Å²) in [6, 6.07) is 0. The van der Waals surface area contributed by atoms with Crippen molar-refractivity contribution < 1.29 is 4.79 Å². The minimum Gasteiger partial charge on any atom is -0.342 e. The van der Waals surface area contributed by atoms with Crippen molar-refractivity contribution in [1.29, 1.82) is 0 Å². The Morgan fingerprint density at radius 3 is 2.87 bits per heavy atom. The molecule has 0 radical (unpaired) electrons. The summed E-state index contributed by atoms with van der Waals surface area (Å²) in [7, 11) is 0. The number of carbonyl (C=O) groups is 1. The van der Waals surface area contributed by atoms with Crippen LogP contribution in [0.4, 0.5) is 5.95 Å². The molecule has 4 aliphatic rings. The van der Waals surface area contributed by atoms with Crippen LogP contribution in [0.15, 0.2) is 5.16 Å². The number of hydrazine groups is 1. The smallest absolute Gasteiger partial charge is 0.249 e. The number of thioether (sulfide) groups is 1. The Labute approximate surface area is 190 Å². The Morgan fingerprint density at radius 2 is 2.03 bits per heavy atom. The van der Waals surface area contributed by atoms with Crippen molar-refractivity contribution >= 4 is 35.0 Å². The van der Waals surface area contributed by atoms with Gasteiger partial charge in [-0.2, -0.15) is 0 Å². The van der Waals surface area contributed by atoms with E-state index in [0.29, 0.717) is 12.4 Å². The van der Waals surface area contributed by atoms with Crippen LogP contribution in [0.5, 0.6) is 0 Å². The van der Waals surface area contributed by atoms with E-state index in [4.69, 9.17) is 0 Å². The number of aromatic nitrogens is 3. The number of carbonyl (C=O) groups excluding carboxylic acids is 1. The average molecular weight is 460 g/mol. The van der Waals surface area contributed by atoms with Gasteiger partial charge in [0.2, 0.25) is 11.9 Å². The zero-order valence-electron chi connectivity index (χ0n) is 18.1. The Hall–Kier alpha value is -1.62. The van der Waals surface area contributed by atoms with Crippen LogP contribution in [0.2, 0.25) is 0 Å². The molecule has 10 heteroatoms. The number of nitrogens with zero attached hydrogens (tertiary/aromatic N) is 5. The molecule has 8 nitrogen and oxygen atoms in total. The summed E-state index contributed by atoms with van der Waals surface area (Å²) in [4.78, 5) is 16.3. The van der Waals surface area contributed by atoms with Gasteiger partial charge in [0.15, 0.2) is 5.16 Å². The van der Waals surface area contributed by atoms with Crippen LogP contribution >= 0.6 is 23.1 Å². The van der Waals surface area contributed by atoms with E-state index in [2.05, 4.69) is 44.4 Å². The van der Waals surface area contributed by atoms with Gasteiger partial charge in [-0.25, -0.2) is 9.99 Å². The molecule has 2 fully saturated rings. The van der Waals surface area contributed by atoms with Crippen LogP contribution in [0.3, 0.4) is 0 Å². The van der Waals surface area contributed by atoms with Crippen molar-refractivity contribution in [3.63, 3.8) is 0 Å². The van der Waals surface area contributed by atoms with Crippen LogP contribution in [0.25, 0.3) is 5.00 Å². The summed E-state index contributed by atoms with van der Waals surface area (Å²) in [6.45, 7) is 7.09. The van der Waals surface area contributed by atoms with Gasteiger partial charge in [-0.3, -0.25) is 15.1 Å². The van der Waals surface area contributed by atoms with E-state index < -0.39 is 0 Å². The molecule has 6 rings (SSSR count). The highest BCUT2D eigenvalue weighted by Gasteiger charge is 2.42. The molecule has 2 N–H and O–H groups in total. The maximum Gasteiger partial charge on any atom is 0.249 e. The van der Waals surface area contributed by atoms with Gasteiger partial charge in [0, 0.05) is 23.5 Å². The monoisotopic (exact) mass is 459 g/mol. The molecule has 1 unspecified atom stereocenters. The minimum absolute atomic E-state index is 0.106. The molecule has 0 saturated carbocycles. The molecule has 2 aromatic rings. The number of thiophene rings is 1. The molecule has 2 atom stereocenters. The Bertz CT molecular complexity index is 1010. The predicted molar refractivity (Wildman–Crippen MR) is 122 cm³/mol. The van der Waals surface area contributed by atoms with E-state index in [1.165, 1.54) is 39.2 Å². The van der Waals surface area contributed by atoms with E-state index in [1.807, 2.05) is 16.2 Å². The largest absolute Gasteiger partial charge is 0.342 e. The van der Waals surface area contributed by atoms with Crippen molar-refractivity contribution in [3.05, 3.63) is 16.0 Å². The zero-order chi connectivity index (χ0) is 21.1. The lowest BCUT2D eigenvalue weighted by molar-refractivity contribution is -0.129. The van der Waals surface area contributed by atoms with Crippen molar-refractivity contribution in [2.45, 2.75) is 57.3 Å². The van der Waals surface area contributed by atoms with Crippen molar-refractivity contribution in [3.8, 4) is 5.00 Å². The molecule has 1 amide bonds. The highest BCUT2D eigenvalue weighted by atomic mass is 32.2. The minimum atomic E-state index is 0.106. The number of hydrogen-bond acceptors (Lipinski definition) is 8. The van der Waals surface area contributed by atoms with Crippen LogP contribution < -0.4 is 15.8 Å². The first-order valence-electron chi connectivity index (χ1n) is 11.4. The van der Waals surface area contributed by atoms with Crippen LogP contribution in [0.1, 0.15) is 55.3 Å². The third-order valence-corrected chi connectivity index (χ3v) is 9.27. The molecule has 5 heterocycles. The van der Waals surface area contributed by atoms with Crippen LogP contribution in [-0.4, -0.2) is 51.1 Å². The summed E-state index contributed by atoms with van der Waals surface area (Å²) >= 11 is 3.41. The number of hydrogen-bond donors (Lipinski definition) is 2. The molecule has 0 spiro atoms. The molecule has 0 bridgehead atoms. The van der Waals surface area contributed by atoms with E-state index >= 15 is 0 Å². The number of amides is 1. The maximum atomic E-state index is 12.8. The molecule has 0 aromatic carbocycles. The molecular formula is C21H29N7OS2. The fourth-order valence-electron chi connectivity index (χ4n) is 5.20. The maximum absolute atomic E-state index is 12.8. The van der Waals surface area contributed by atoms with Crippen LogP contribution in [0, 0.1) is 11.8 Å². The second kappa shape index (κ2) is 7.75.